The van der Waals surface area contributed by atoms with Crippen LogP contribution in [0, 0.1) is 0 Å². The molecule has 0 fully saturated rings. The third-order valence-electron chi connectivity index (χ3n) is 1.63. The molecule has 0 rings (SSSR count). The summed E-state index contributed by atoms with van der Waals surface area (Å²) in [7, 11) is 1.52. The van der Waals surface area contributed by atoms with E-state index in [2.05, 4.69) is 0 Å². The fourth-order valence-corrected chi connectivity index (χ4v) is 0.595. The molecule has 3 heteroatoms. The van der Waals surface area contributed by atoms with Crippen LogP contribution in [-0.2, 0) is 22.3 Å². The number of hydrogen-bond donors (Lipinski definition) is 0. The third kappa shape index (κ3) is 2.70. The van der Waals surface area contributed by atoms with E-state index in [1.807, 2.05) is 6.92 Å². The summed E-state index contributed by atoms with van der Waals surface area (Å²) in [6.45, 7) is 1.90. The molecule has 0 aromatic heterocycles. The molecule has 0 bridgehead atoms. The van der Waals surface area contributed by atoms with E-state index in [1.165, 1.54) is 7.11 Å². The van der Waals surface area contributed by atoms with Crippen LogP contribution in [0.2, 0.25) is 15.2 Å². The van der Waals surface area contributed by atoms with Crippen LogP contribution in [0.5, 0.6) is 0 Å². The molecule has 50 valence electrons. The van der Waals surface area contributed by atoms with Crippen molar-refractivity contribution in [2.24, 2.45) is 0 Å². The van der Waals surface area contributed by atoms with Crippen molar-refractivity contribution >= 4 is 0 Å². The van der Waals surface area contributed by atoms with Gasteiger partial charge in [-0.2, -0.15) is 0 Å². The van der Waals surface area contributed by atoms with Crippen LogP contribution < -0.4 is 0 Å². The molecule has 0 aromatic rings. The molecule has 0 spiro atoms. The average molecular weight is 154 g/mol. The van der Waals surface area contributed by atoms with Gasteiger partial charge in [-0.05, 0) is 0 Å². The van der Waals surface area contributed by atoms with Crippen molar-refractivity contribution in [1.82, 2.24) is 0 Å². The van der Waals surface area contributed by atoms with Crippen molar-refractivity contribution in [3.8, 4) is 0 Å². The second-order valence-corrected chi connectivity index (χ2v) is 12.2. The Bertz CT molecular complexity index is 123. The van der Waals surface area contributed by atoms with E-state index in [0.717, 1.165) is 0 Å². The van der Waals surface area contributed by atoms with Crippen molar-refractivity contribution in [2.75, 3.05) is 7.11 Å². The molecule has 0 aromatic carbocycles. The third-order valence-corrected chi connectivity index (χ3v) is 6.73. The van der Waals surface area contributed by atoms with E-state index in [9.17, 15) is 3.32 Å². The first-order chi connectivity index (χ1) is 3.39. The van der Waals surface area contributed by atoms with Gasteiger partial charge in [-0.25, -0.2) is 0 Å². The minimum atomic E-state index is -3.46. The molecule has 0 aliphatic heterocycles. The molecule has 0 atom stereocenters. The topological polar surface area (TPSA) is 26.3 Å². The molecular formula is C5H14O2Ti. The zero-order valence-corrected chi connectivity index (χ0v) is 7.59. The minimum absolute atomic E-state index is 0.674. The molecule has 0 heterocycles. The maximum atomic E-state index is 11.4. The summed E-state index contributed by atoms with van der Waals surface area (Å²) in [6, 6.07) is 0. The van der Waals surface area contributed by atoms with Crippen LogP contribution in [0.15, 0.2) is 0 Å². The average Bonchev–Trinajstić information content (AvgIpc) is 1.68. The summed E-state index contributed by atoms with van der Waals surface area (Å²) in [5.74, 6) is 0. The van der Waals surface area contributed by atoms with E-state index in [4.69, 9.17) is 3.32 Å². The molecular weight excluding hydrogens is 140 g/mol. The van der Waals surface area contributed by atoms with Crippen LogP contribution in [0.3, 0.4) is 0 Å². The van der Waals surface area contributed by atoms with Gasteiger partial charge in [-0.3, -0.25) is 0 Å². The van der Waals surface area contributed by atoms with Gasteiger partial charge < -0.3 is 0 Å². The zero-order chi connectivity index (χ0) is 6.86. The first-order valence-corrected chi connectivity index (χ1v) is 8.38. The fraction of sp³-hybridized carbons (Fsp3) is 1.00. The molecule has 0 unspecified atom stereocenters. The molecule has 0 N–H and O–H groups in total. The molecule has 0 aliphatic rings. The Morgan fingerprint density at radius 2 is 1.88 bits per heavy atom. The van der Waals surface area contributed by atoms with Crippen LogP contribution in [0.25, 0.3) is 0 Å². The fourth-order valence-electron chi connectivity index (χ4n) is 0.144. The van der Waals surface area contributed by atoms with Crippen LogP contribution in [0.1, 0.15) is 6.92 Å². The van der Waals surface area contributed by atoms with Gasteiger partial charge in [0, 0.05) is 0 Å². The number of rotatable bonds is 2. The zero-order valence-electron chi connectivity index (χ0n) is 6.02. The predicted molar refractivity (Wildman–Crippen MR) is 29.9 cm³/mol. The monoisotopic (exact) mass is 154 g/mol. The van der Waals surface area contributed by atoms with E-state index in [0.29, 0.717) is 4.73 Å². The van der Waals surface area contributed by atoms with Crippen molar-refractivity contribution in [3.63, 3.8) is 0 Å². The Hall–Kier alpha value is 0.474. The Labute approximate surface area is 51.9 Å². The molecule has 0 amide bonds. The van der Waals surface area contributed by atoms with E-state index in [-0.39, 0.29) is 0 Å². The van der Waals surface area contributed by atoms with Gasteiger partial charge in [0.2, 0.25) is 0 Å². The van der Waals surface area contributed by atoms with E-state index >= 15 is 0 Å². The van der Waals surface area contributed by atoms with Crippen molar-refractivity contribution < 1.29 is 22.3 Å². The first-order valence-electron chi connectivity index (χ1n) is 2.88. The summed E-state index contributed by atoms with van der Waals surface area (Å²) >= 11 is -3.46. The molecule has 2 nitrogen and oxygen atoms in total. The summed E-state index contributed by atoms with van der Waals surface area (Å²) < 4.78 is 17.0. The van der Waals surface area contributed by atoms with Gasteiger partial charge in [-0.1, -0.05) is 0 Å². The molecule has 0 saturated carbocycles. The second kappa shape index (κ2) is 2.01. The van der Waals surface area contributed by atoms with Gasteiger partial charge in [0.25, 0.3) is 0 Å². The molecule has 8 heavy (non-hydrogen) atoms. The van der Waals surface area contributed by atoms with Crippen molar-refractivity contribution in [2.45, 2.75) is 22.1 Å². The van der Waals surface area contributed by atoms with Gasteiger partial charge in [0.1, 0.15) is 0 Å². The summed E-state index contributed by atoms with van der Waals surface area (Å²) in [5, 5.41) is 3.47. The number of hydrogen-bond acceptors (Lipinski definition) is 2. The molecule has 0 aliphatic carbocycles. The Kier molecular flexibility index (Phi) is 2.13. The molecule has 0 saturated heterocycles. The predicted octanol–water partition coefficient (Wildman–Crippen LogP) is 2.12. The maximum absolute atomic E-state index is 11.4. The summed E-state index contributed by atoms with van der Waals surface area (Å²) in [5.41, 5.74) is 0. The SMILES string of the molecule is C[CH2][Ti]([CH3])([CH3])(=[O])[O]C. The van der Waals surface area contributed by atoms with Gasteiger partial charge >= 0.3 is 51.5 Å². The van der Waals surface area contributed by atoms with Gasteiger partial charge in [-0.15, -0.1) is 0 Å². The molecule has 0 radical (unpaired) electrons. The van der Waals surface area contributed by atoms with Crippen LogP contribution in [0.4, 0.5) is 0 Å². The Balaban J connectivity index is 4.25. The van der Waals surface area contributed by atoms with E-state index < -0.39 is 15.7 Å². The van der Waals surface area contributed by atoms with Crippen molar-refractivity contribution in [3.05, 3.63) is 0 Å². The first kappa shape index (κ1) is 8.47. The summed E-state index contributed by atoms with van der Waals surface area (Å²) in [6.07, 6.45) is 0. The standard InChI is InChI=1S/C2H5.CH3O.2CH3.O.Ti/c2*1-2;;;;/h1H2,2H3;1H3;2*1H3;;/q;-1;;;;+1. The summed E-state index contributed by atoms with van der Waals surface area (Å²) in [4.78, 5) is 0. The second-order valence-electron chi connectivity index (χ2n) is 2.95. The van der Waals surface area contributed by atoms with Crippen LogP contribution >= 0.6 is 0 Å². The van der Waals surface area contributed by atoms with Crippen LogP contribution in [-0.4, -0.2) is 7.11 Å². The van der Waals surface area contributed by atoms with E-state index in [1.54, 1.807) is 10.5 Å². The van der Waals surface area contributed by atoms with Gasteiger partial charge in [0.05, 0.1) is 0 Å². The Morgan fingerprint density at radius 3 is 1.88 bits per heavy atom. The Morgan fingerprint density at radius 1 is 1.50 bits per heavy atom. The van der Waals surface area contributed by atoms with Crippen molar-refractivity contribution in [1.29, 1.82) is 0 Å². The quantitative estimate of drug-likeness (QED) is 0.569. The normalized spacial score (nSPS) is 14.1. The van der Waals surface area contributed by atoms with Gasteiger partial charge in [0.15, 0.2) is 0 Å².